The normalized spacial score (nSPS) is 19.2. The van der Waals surface area contributed by atoms with Crippen LogP contribution in [0, 0.1) is 19.8 Å². The second kappa shape index (κ2) is 11.6. The lowest BCUT2D eigenvalue weighted by molar-refractivity contribution is -0.138. The van der Waals surface area contributed by atoms with Gasteiger partial charge in [-0.3, -0.25) is 4.79 Å². The molecule has 5 rings (SSSR count). The fraction of sp³-hybridized carbons (Fsp3) is 0.438. The zero-order valence-corrected chi connectivity index (χ0v) is 23.1. The van der Waals surface area contributed by atoms with Gasteiger partial charge in [0.25, 0.3) is 0 Å². The zero-order valence-electron chi connectivity index (χ0n) is 23.1. The molecule has 1 aromatic heterocycles. The first-order valence-corrected chi connectivity index (χ1v) is 13.8. The number of carbonyl (C=O) groups is 1. The smallest absolute Gasteiger partial charge is 0.228 e. The van der Waals surface area contributed by atoms with Gasteiger partial charge in [0.15, 0.2) is 0 Å². The number of anilines is 1. The summed E-state index contributed by atoms with van der Waals surface area (Å²) in [6.45, 7) is 7.11. The number of benzene rings is 2. The molecule has 6 heteroatoms. The van der Waals surface area contributed by atoms with Gasteiger partial charge in [0.1, 0.15) is 18.2 Å². The van der Waals surface area contributed by atoms with Gasteiger partial charge in [-0.1, -0.05) is 36.4 Å². The Morgan fingerprint density at radius 2 is 1.87 bits per heavy atom. The van der Waals surface area contributed by atoms with E-state index < -0.39 is 0 Å². The van der Waals surface area contributed by atoms with Crippen molar-refractivity contribution in [2.24, 2.45) is 5.92 Å². The predicted molar refractivity (Wildman–Crippen MR) is 153 cm³/mol. The first-order valence-electron chi connectivity index (χ1n) is 13.8. The van der Waals surface area contributed by atoms with Crippen LogP contribution >= 0.6 is 0 Å². The molecule has 0 radical (unpaired) electrons. The average Bonchev–Trinajstić information content (AvgIpc) is 3.78. The zero-order chi connectivity index (χ0) is 26.6. The number of piperidine rings is 1. The van der Waals surface area contributed by atoms with Crippen molar-refractivity contribution in [3.05, 3.63) is 88.6 Å². The number of ether oxygens (including phenoxy) is 1. The Morgan fingerprint density at radius 1 is 1.05 bits per heavy atom. The molecule has 2 fully saturated rings. The van der Waals surface area contributed by atoms with Crippen molar-refractivity contribution in [1.29, 1.82) is 0 Å². The molecular formula is C32H40N4O2. The Morgan fingerprint density at radius 3 is 2.61 bits per heavy atom. The van der Waals surface area contributed by atoms with Crippen molar-refractivity contribution in [2.45, 2.75) is 58.2 Å². The molecule has 0 bridgehead atoms. The number of carbonyl (C=O) groups excluding carboxylic acids is 1. The summed E-state index contributed by atoms with van der Waals surface area (Å²) < 4.78 is 6.15. The highest BCUT2D eigenvalue weighted by atomic mass is 16.5. The van der Waals surface area contributed by atoms with Gasteiger partial charge in [-0.15, -0.1) is 0 Å². The van der Waals surface area contributed by atoms with E-state index in [0.717, 1.165) is 42.9 Å². The van der Waals surface area contributed by atoms with Crippen LogP contribution in [-0.4, -0.2) is 49.0 Å². The van der Waals surface area contributed by atoms with Gasteiger partial charge < -0.3 is 19.9 Å². The average molecular weight is 513 g/mol. The van der Waals surface area contributed by atoms with Crippen LogP contribution in [0.3, 0.4) is 0 Å². The quantitative estimate of drug-likeness (QED) is 0.426. The number of nitrogens with one attached hydrogen (secondary N) is 1. The first kappa shape index (κ1) is 26.2. The molecular weight excluding hydrogens is 472 g/mol. The number of aromatic nitrogens is 1. The van der Waals surface area contributed by atoms with E-state index >= 15 is 0 Å². The van der Waals surface area contributed by atoms with E-state index in [2.05, 4.69) is 71.5 Å². The minimum atomic E-state index is -0.0764. The Hall–Kier alpha value is -3.38. The molecule has 3 aromatic rings. The van der Waals surface area contributed by atoms with Gasteiger partial charge in [-0.25, -0.2) is 4.98 Å². The summed E-state index contributed by atoms with van der Waals surface area (Å²) >= 11 is 0. The second-order valence-corrected chi connectivity index (χ2v) is 11.0. The number of rotatable bonds is 9. The maximum absolute atomic E-state index is 14.1. The minimum Gasteiger partial charge on any atom is -0.489 e. The summed E-state index contributed by atoms with van der Waals surface area (Å²) in [5.74, 6) is 2.14. The van der Waals surface area contributed by atoms with Crippen LogP contribution in [0.4, 0.5) is 5.82 Å². The molecule has 2 aromatic carbocycles. The summed E-state index contributed by atoms with van der Waals surface area (Å²) in [6, 6.07) is 19.2. The van der Waals surface area contributed by atoms with E-state index in [1.807, 2.05) is 37.3 Å². The van der Waals surface area contributed by atoms with E-state index in [1.54, 1.807) is 0 Å². The monoisotopic (exact) mass is 512 g/mol. The number of aryl methyl sites for hydroxylation is 1. The molecule has 1 N–H and O–H groups in total. The molecule has 0 spiro atoms. The maximum atomic E-state index is 14.1. The summed E-state index contributed by atoms with van der Waals surface area (Å²) in [5.41, 5.74) is 6.05. The molecule has 1 aliphatic carbocycles. The van der Waals surface area contributed by atoms with E-state index in [4.69, 9.17) is 4.74 Å². The van der Waals surface area contributed by atoms with Gasteiger partial charge in [-0.2, -0.15) is 0 Å². The van der Waals surface area contributed by atoms with Gasteiger partial charge in [0.05, 0.1) is 5.92 Å². The first-order chi connectivity index (χ1) is 18.4. The predicted octanol–water partition coefficient (Wildman–Crippen LogP) is 5.23. The third-order valence-corrected chi connectivity index (χ3v) is 8.09. The Labute approximate surface area is 227 Å². The number of amides is 1. The second-order valence-electron chi connectivity index (χ2n) is 11.0. The standard InChI is InChI=1S/C32H40N4O2/c1-22-7-5-9-26(23(22)2)20-36(27-12-13-27)32(37)30-19-33-16-15-29(30)25-8-6-10-28(17-25)38-21-24-11-14-31(34-18-24)35(3)4/h5-11,14,17-18,27,29-30,33H,12-13,15-16,19-21H2,1-4H3/t29-,30+/m1/s1. The lowest BCUT2D eigenvalue weighted by atomic mass is 9.80. The Balaban J connectivity index is 1.31. The molecule has 1 aliphatic heterocycles. The molecule has 0 unspecified atom stereocenters. The van der Waals surface area contributed by atoms with Crippen LogP contribution in [0.5, 0.6) is 5.75 Å². The van der Waals surface area contributed by atoms with Crippen LogP contribution in [-0.2, 0) is 17.9 Å². The summed E-state index contributed by atoms with van der Waals surface area (Å²) in [6.07, 6.45) is 5.02. The molecule has 2 atom stereocenters. The Bertz CT molecular complexity index is 1250. The Kier molecular flexibility index (Phi) is 7.98. The molecule has 1 saturated carbocycles. The van der Waals surface area contributed by atoms with Crippen molar-refractivity contribution < 1.29 is 9.53 Å². The van der Waals surface area contributed by atoms with Crippen LogP contribution in [0.1, 0.15) is 53.0 Å². The molecule has 38 heavy (non-hydrogen) atoms. The van der Waals surface area contributed by atoms with Crippen molar-refractivity contribution in [2.75, 3.05) is 32.1 Å². The van der Waals surface area contributed by atoms with Crippen molar-refractivity contribution in [3.63, 3.8) is 0 Å². The number of nitrogens with zero attached hydrogens (tertiary/aromatic N) is 3. The van der Waals surface area contributed by atoms with Gasteiger partial charge in [0.2, 0.25) is 5.91 Å². The highest BCUT2D eigenvalue weighted by molar-refractivity contribution is 5.81. The minimum absolute atomic E-state index is 0.0764. The molecule has 2 aliphatic rings. The van der Waals surface area contributed by atoms with Crippen LogP contribution < -0.4 is 15.0 Å². The van der Waals surface area contributed by atoms with E-state index in [0.29, 0.717) is 25.7 Å². The number of hydrogen-bond donors (Lipinski definition) is 1. The maximum Gasteiger partial charge on any atom is 0.228 e. The fourth-order valence-electron chi connectivity index (χ4n) is 5.44. The van der Waals surface area contributed by atoms with E-state index in [9.17, 15) is 4.79 Å². The molecule has 200 valence electrons. The molecule has 1 saturated heterocycles. The highest BCUT2D eigenvalue weighted by Gasteiger charge is 2.40. The van der Waals surface area contributed by atoms with Crippen LogP contribution in [0.2, 0.25) is 0 Å². The fourth-order valence-corrected chi connectivity index (χ4v) is 5.44. The van der Waals surface area contributed by atoms with Crippen molar-refractivity contribution in [1.82, 2.24) is 15.2 Å². The molecule has 2 heterocycles. The lowest BCUT2D eigenvalue weighted by Gasteiger charge is -2.36. The summed E-state index contributed by atoms with van der Waals surface area (Å²) in [5, 5.41) is 3.50. The lowest BCUT2D eigenvalue weighted by Crippen LogP contribution is -2.47. The molecule has 1 amide bonds. The third kappa shape index (κ3) is 6.02. The molecule has 6 nitrogen and oxygen atoms in total. The van der Waals surface area contributed by atoms with E-state index in [-0.39, 0.29) is 17.7 Å². The van der Waals surface area contributed by atoms with Gasteiger partial charge in [-0.05, 0) is 86.0 Å². The summed E-state index contributed by atoms with van der Waals surface area (Å²) in [4.78, 5) is 22.7. The van der Waals surface area contributed by atoms with Gasteiger partial charge >= 0.3 is 0 Å². The van der Waals surface area contributed by atoms with Crippen molar-refractivity contribution >= 4 is 11.7 Å². The van der Waals surface area contributed by atoms with Crippen LogP contribution in [0.25, 0.3) is 0 Å². The largest absolute Gasteiger partial charge is 0.489 e. The third-order valence-electron chi connectivity index (χ3n) is 8.09. The topological polar surface area (TPSA) is 57.7 Å². The van der Waals surface area contributed by atoms with Crippen LogP contribution in [0.15, 0.2) is 60.8 Å². The summed E-state index contributed by atoms with van der Waals surface area (Å²) in [7, 11) is 3.96. The number of hydrogen-bond acceptors (Lipinski definition) is 5. The highest BCUT2D eigenvalue weighted by Crippen LogP contribution is 2.37. The van der Waals surface area contributed by atoms with Crippen molar-refractivity contribution in [3.8, 4) is 5.75 Å². The van der Waals surface area contributed by atoms with E-state index in [1.165, 1.54) is 22.3 Å². The van der Waals surface area contributed by atoms with Gasteiger partial charge in [0, 0.05) is 45.0 Å². The SMILES string of the molecule is Cc1cccc(CN(C(=O)[C@H]2CNCC[C@@H]2c2cccc(OCc3ccc(N(C)C)nc3)c2)C2CC2)c1C. The number of pyridine rings is 1.